The molecule has 1 N–H and O–H groups in total. The van der Waals surface area contributed by atoms with Gasteiger partial charge in [0.05, 0.1) is 0 Å². The lowest BCUT2D eigenvalue weighted by atomic mass is 9.87. The van der Waals surface area contributed by atoms with E-state index in [9.17, 15) is 13.2 Å². The Bertz CT molecular complexity index is 420. The van der Waals surface area contributed by atoms with Crippen molar-refractivity contribution in [3.05, 3.63) is 29.8 Å². The molecule has 0 radical (unpaired) electrons. The summed E-state index contributed by atoms with van der Waals surface area (Å²) < 4.78 is 40.9. The van der Waals surface area contributed by atoms with Crippen LogP contribution in [0.4, 0.5) is 13.2 Å². The second-order valence-electron chi connectivity index (χ2n) is 5.20. The molecule has 0 amide bonds. The predicted molar refractivity (Wildman–Crippen MR) is 78.2 cm³/mol. The van der Waals surface area contributed by atoms with Crippen LogP contribution in [-0.4, -0.2) is 13.4 Å². The molecule has 2 atom stereocenters. The topological polar surface area (TPSA) is 21.3 Å². The zero-order valence-corrected chi connectivity index (χ0v) is 12.8. The van der Waals surface area contributed by atoms with Crippen molar-refractivity contribution in [3.63, 3.8) is 0 Å². The molecule has 0 aliphatic heterocycles. The monoisotopic (exact) mass is 303 g/mol. The van der Waals surface area contributed by atoms with Gasteiger partial charge in [0.2, 0.25) is 0 Å². The van der Waals surface area contributed by atoms with Gasteiger partial charge in [0.1, 0.15) is 5.75 Å². The van der Waals surface area contributed by atoms with Gasteiger partial charge in [0.25, 0.3) is 0 Å². The lowest BCUT2D eigenvalue weighted by Crippen LogP contribution is -2.25. The Balaban J connectivity index is 2.91. The van der Waals surface area contributed by atoms with Gasteiger partial charge in [-0.25, -0.2) is 0 Å². The van der Waals surface area contributed by atoms with Crippen molar-refractivity contribution in [2.45, 2.75) is 51.9 Å². The van der Waals surface area contributed by atoms with E-state index in [1.54, 1.807) is 6.07 Å². The van der Waals surface area contributed by atoms with Crippen LogP contribution >= 0.6 is 0 Å². The van der Waals surface area contributed by atoms with E-state index in [0.29, 0.717) is 5.92 Å². The molecule has 0 spiro atoms. The maximum Gasteiger partial charge on any atom is 0.573 e. The van der Waals surface area contributed by atoms with Gasteiger partial charge in [0.15, 0.2) is 0 Å². The molecule has 0 saturated heterocycles. The summed E-state index contributed by atoms with van der Waals surface area (Å²) in [5.41, 5.74) is 0.835. The molecular formula is C16H24F3NO. The number of nitrogens with one attached hydrogen (secondary N) is 1. The van der Waals surface area contributed by atoms with Gasteiger partial charge in [-0.2, -0.15) is 0 Å². The summed E-state index contributed by atoms with van der Waals surface area (Å²) in [6.07, 6.45) is -0.377. The quantitative estimate of drug-likeness (QED) is 0.724. The van der Waals surface area contributed by atoms with Crippen LogP contribution in [0.25, 0.3) is 0 Å². The average molecular weight is 303 g/mol. The minimum Gasteiger partial charge on any atom is -0.406 e. The summed E-state index contributed by atoms with van der Waals surface area (Å²) in [4.78, 5) is 0. The van der Waals surface area contributed by atoms with Crippen molar-refractivity contribution in [2.75, 3.05) is 7.05 Å². The fourth-order valence-corrected chi connectivity index (χ4v) is 2.65. The first kappa shape index (κ1) is 17.8. The average Bonchev–Trinajstić information content (AvgIpc) is 2.41. The summed E-state index contributed by atoms with van der Waals surface area (Å²) in [5, 5.41) is 3.23. The van der Waals surface area contributed by atoms with Crippen LogP contribution in [0, 0.1) is 5.92 Å². The van der Waals surface area contributed by atoms with Gasteiger partial charge in [-0.05, 0) is 37.1 Å². The molecule has 1 rings (SSSR count). The second kappa shape index (κ2) is 8.27. The summed E-state index contributed by atoms with van der Waals surface area (Å²) in [6.45, 7) is 4.25. The molecular weight excluding hydrogens is 279 g/mol. The predicted octanol–water partition coefficient (Wildman–Crippen LogP) is 5.06. The molecule has 1 aromatic carbocycles. The molecule has 0 aromatic heterocycles. The van der Waals surface area contributed by atoms with Crippen LogP contribution in [0.1, 0.15) is 51.1 Å². The highest BCUT2D eigenvalue weighted by molar-refractivity contribution is 5.31. The van der Waals surface area contributed by atoms with E-state index in [2.05, 4.69) is 23.9 Å². The Morgan fingerprint density at radius 2 is 1.95 bits per heavy atom. The number of benzene rings is 1. The fourth-order valence-electron chi connectivity index (χ4n) is 2.65. The maximum absolute atomic E-state index is 12.3. The Morgan fingerprint density at radius 1 is 1.24 bits per heavy atom. The Hall–Kier alpha value is -1.23. The van der Waals surface area contributed by atoms with Crippen molar-refractivity contribution in [1.29, 1.82) is 0 Å². The lowest BCUT2D eigenvalue weighted by molar-refractivity contribution is -0.274. The normalized spacial score (nSPS) is 14.8. The van der Waals surface area contributed by atoms with Gasteiger partial charge in [-0.15, -0.1) is 13.2 Å². The third-order valence-corrected chi connectivity index (χ3v) is 3.69. The number of rotatable bonds is 8. The first-order chi connectivity index (χ1) is 9.91. The molecule has 21 heavy (non-hydrogen) atoms. The molecule has 2 nitrogen and oxygen atoms in total. The van der Waals surface area contributed by atoms with Crippen LogP contribution < -0.4 is 10.1 Å². The van der Waals surface area contributed by atoms with Crippen LogP contribution in [0.5, 0.6) is 5.75 Å². The van der Waals surface area contributed by atoms with Crippen LogP contribution in [0.15, 0.2) is 24.3 Å². The van der Waals surface area contributed by atoms with Crippen molar-refractivity contribution in [3.8, 4) is 5.75 Å². The van der Waals surface area contributed by atoms with E-state index in [4.69, 9.17) is 0 Å². The molecule has 2 unspecified atom stereocenters. The van der Waals surface area contributed by atoms with Crippen molar-refractivity contribution in [1.82, 2.24) is 5.32 Å². The highest BCUT2D eigenvalue weighted by Crippen LogP contribution is 2.32. The number of ether oxygens (including phenoxy) is 1. The Morgan fingerprint density at radius 3 is 2.48 bits per heavy atom. The molecule has 0 aliphatic carbocycles. The van der Waals surface area contributed by atoms with Gasteiger partial charge in [-0.1, -0.05) is 45.2 Å². The molecule has 120 valence electrons. The van der Waals surface area contributed by atoms with Gasteiger partial charge in [-0.3, -0.25) is 0 Å². The van der Waals surface area contributed by atoms with Gasteiger partial charge < -0.3 is 10.1 Å². The van der Waals surface area contributed by atoms with Crippen molar-refractivity contribution < 1.29 is 17.9 Å². The highest BCUT2D eigenvalue weighted by Gasteiger charge is 2.31. The Kier molecular flexibility index (Phi) is 7.02. The standard InChI is InChI=1S/C16H24F3NO/c1-4-6-8-12(5-2)15(20-3)13-9-7-10-14(11-13)21-16(17,18)19/h7,9-12,15,20H,4-6,8H2,1-3H3. The number of alkyl halides is 3. The third-order valence-electron chi connectivity index (χ3n) is 3.69. The number of hydrogen-bond donors (Lipinski definition) is 1. The van der Waals surface area contributed by atoms with Gasteiger partial charge >= 0.3 is 6.36 Å². The molecule has 0 heterocycles. The zero-order chi connectivity index (χ0) is 15.9. The summed E-state index contributed by atoms with van der Waals surface area (Å²) in [7, 11) is 1.84. The van der Waals surface area contributed by atoms with E-state index >= 15 is 0 Å². The second-order valence-corrected chi connectivity index (χ2v) is 5.20. The molecule has 0 saturated carbocycles. The van der Waals surface area contributed by atoms with E-state index in [1.165, 1.54) is 12.1 Å². The number of unbranched alkanes of at least 4 members (excludes halogenated alkanes) is 1. The molecule has 0 fully saturated rings. The molecule has 1 aromatic rings. The van der Waals surface area contributed by atoms with Crippen LogP contribution in [0.2, 0.25) is 0 Å². The zero-order valence-electron chi connectivity index (χ0n) is 12.8. The fraction of sp³-hybridized carbons (Fsp3) is 0.625. The smallest absolute Gasteiger partial charge is 0.406 e. The van der Waals surface area contributed by atoms with Crippen molar-refractivity contribution >= 4 is 0 Å². The van der Waals surface area contributed by atoms with E-state index < -0.39 is 6.36 Å². The minimum atomic E-state index is -4.65. The van der Waals surface area contributed by atoms with Gasteiger partial charge in [0, 0.05) is 6.04 Å². The minimum absolute atomic E-state index is 0.0401. The summed E-state index contributed by atoms with van der Waals surface area (Å²) >= 11 is 0. The summed E-state index contributed by atoms with van der Waals surface area (Å²) in [5.74, 6) is 0.238. The third kappa shape index (κ3) is 5.96. The molecule has 5 heteroatoms. The van der Waals surface area contributed by atoms with Crippen LogP contribution in [-0.2, 0) is 0 Å². The summed E-state index contributed by atoms with van der Waals surface area (Å²) in [6, 6.07) is 6.30. The SMILES string of the molecule is CCCCC(CC)C(NC)c1cccc(OC(F)(F)F)c1. The highest BCUT2D eigenvalue weighted by atomic mass is 19.4. The van der Waals surface area contributed by atoms with E-state index in [1.807, 2.05) is 13.1 Å². The largest absolute Gasteiger partial charge is 0.573 e. The first-order valence-electron chi connectivity index (χ1n) is 7.44. The maximum atomic E-state index is 12.3. The van der Waals surface area contributed by atoms with E-state index in [0.717, 1.165) is 31.2 Å². The molecule has 0 bridgehead atoms. The van der Waals surface area contributed by atoms with Crippen LogP contribution in [0.3, 0.4) is 0 Å². The van der Waals surface area contributed by atoms with Crippen molar-refractivity contribution in [2.24, 2.45) is 5.92 Å². The number of hydrogen-bond acceptors (Lipinski definition) is 2. The number of halogens is 3. The Labute approximate surface area is 124 Å². The molecule has 0 aliphatic rings. The lowest BCUT2D eigenvalue weighted by Gasteiger charge is -2.27. The van der Waals surface area contributed by atoms with E-state index in [-0.39, 0.29) is 11.8 Å². The first-order valence-corrected chi connectivity index (χ1v) is 7.44.